The zero-order valence-electron chi connectivity index (χ0n) is 10.3. The minimum Gasteiger partial charge on any atom is -0.396 e. The van der Waals surface area contributed by atoms with Crippen LogP contribution in [0.25, 0.3) is 0 Å². The predicted molar refractivity (Wildman–Crippen MR) is 70.1 cm³/mol. The Kier molecular flexibility index (Phi) is 8.29. The van der Waals surface area contributed by atoms with Gasteiger partial charge in [0.25, 0.3) is 0 Å². The summed E-state index contributed by atoms with van der Waals surface area (Å²) < 4.78 is 5.64. The van der Waals surface area contributed by atoms with E-state index in [1.54, 1.807) is 0 Å². The molecular weight excluding hydrogens is 222 g/mol. The highest BCUT2D eigenvalue weighted by Crippen LogP contribution is 2.16. The van der Waals surface area contributed by atoms with Crippen LogP contribution in [0.1, 0.15) is 32.6 Å². The maximum Gasteiger partial charge on any atom is 0.0587 e. The topological polar surface area (TPSA) is 41.5 Å². The fraction of sp³-hybridized carbons (Fsp3) is 1.00. The van der Waals surface area contributed by atoms with Gasteiger partial charge in [-0.15, -0.1) is 0 Å². The molecule has 0 radical (unpaired) electrons. The van der Waals surface area contributed by atoms with Gasteiger partial charge in [0.1, 0.15) is 0 Å². The molecule has 0 aliphatic carbocycles. The van der Waals surface area contributed by atoms with Gasteiger partial charge < -0.3 is 15.2 Å². The molecule has 2 unspecified atom stereocenters. The average molecular weight is 247 g/mol. The zero-order valence-corrected chi connectivity index (χ0v) is 11.1. The molecule has 4 heteroatoms. The molecule has 1 fully saturated rings. The second-order valence-electron chi connectivity index (χ2n) is 4.27. The van der Waals surface area contributed by atoms with Crippen molar-refractivity contribution in [3.05, 3.63) is 0 Å². The summed E-state index contributed by atoms with van der Waals surface area (Å²) in [6.45, 7) is 4.50. The van der Waals surface area contributed by atoms with Crippen LogP contribution in [0.4, 0.5) is 0 Å². The van der Waals surface area contributed by atoms with E-state index >= 15 is 0 Å². The van der Waals surface area contributed by atoms with Gasteiger partial charge in [-0.1, -0.05) is 6.92 Å². The van der Waals surface area contributed by atoms with Crippen LogP contribution in [-0.2, 0) is 4.74 Å². The van der Waals surface area contributed by atoms with Crippen molar-refractivity contribution in [2.45, 2.75) is 44.8 Å². The van der Waals surface area contributed by atoms with Crippen molar-refractivity contribution in [1.82, 2.24) is 5.32 Å². The molecule has 0 aromatic carbocycles. The lowest BCUT2D eigenvalue weighted by Gasteiger charge is -2.29. The summed E-state index contributed by atoms with van der Waals surface area (Å²) in [4.78, 5) is 0. The van der Waals surface area contributed by atoms with Gasteiger partial charge in [0, 0.05) is 31.6 Å². The van der Waals surface area contributed by atoms with Gasteiger partial charge in [-0.2, -0.15) is 11.8 Å². The Labute approximate surface area is 103 Å². The van der Waals surface area contributed by atoms with Crippen LogP contribution in [0.3, 0.4) is 0 Å². The third-order valence-electron chi connectivity index (χ3n) is 2.95. The minimum atomic E-state index is 0.318. The molecule has 1 saturated heterocycles. The van der Waals surface area contributed by atoms with Crippen molar-refractivity contribution in [1.29, 1.82) is 0 Å². The van der Waals surface area contributed by atoms with E-state index in [1.807, 2.05) is 11.8 Å². The third-order valence-corrected chi connectivity index (χ3v) is 4.02. The van der Waals surface area contributed by atoms with E-state index in [2.05, 4.69) is 12.2 Å². The Hall–Kier alpha value is 0.230. The molecular formula is C12H25NO2S. The molecule has 1 heterocycles. The molecule has 0 bridgehead atoms. The Morgan fingerprint density at radius 1 is 1.44 bits per heavy atom. The van der Waals surface area contributed by atoms with Crippen molar-refractivity contribution >= 4 is 11.8 Å². The maximum absolute atomic E-state index is 8.64. The van der Waals surface area contributed by atoms with Crippen molar-refractivity contribution in [3.8, 4) is 0 Å². The molecule has 0 aromatic rings. The van der Waals surface area contributed by atoms with Gasteiger partial charge >= 0.3 is 0 Å². The number of hydrogen-bond acceptors (Lipinski definition) is 4. The number of aliphatic hydroxyl groups is 1. The van der Waals surface area contributed by atoms with Crippen molar-refractivity contribution in [2.75, 3.05) is 31.3 Å². The lowest BCUT2D eigenvalue weighted by molar-refractivity contribution is 0.000349. The molecule has 1 rings (SSSR count). The van der Waals surface area contributed by atoms with Crippen LogP contribution in [-0.4, -0.2) is 48.5 Å². The number of nitrogens with one attached hydrogen (secondary N) is 1. The van der Waals surface area contributed by atoms with Gasteiger partial charge in [-0.3, -0.25) is 0 Å². The molecule has 0 spiro atoms. The number of aliphatic hydroxyl groups excluding tert-OH is 1. The third kappa shape index (κ3) is 6.09. The molecule has 0 amide bonds. The molecule has 2 atom stereocenters. The fourth-order valence-corrected chi connectivity index (χ4v) is 2.75. The van der Waals surface area contributed by atoms with E-state index in [-0.39, 0.29) is 0 Å². The lowest BCUT2D eigenvalue weighted by Crippen LogP contribution is -2.39. The highest BCUT2D eigenvalue weighted by molar-refractivity contribution is 7.99. The highest BCUT2D eigenvalue weighted by Gasteiger charge is 2.20. The van der Waals surface area contributed by atoms with Crippen molar-refractivity contribution < 1.29 is 9.84 Å². The SMILES string of the molecule is CCC1CC(NCCSCCCO)CCO1. The van der Waals surface area contributed by atoms with E-state index in [0.29, 0.717) is 18.8 Å². The van der Waals surface area contributed by atoms with E-state index < -0.39 is 0 Å². The normalized spacial score (nSPS) is 25.9. The maximum atomic E-state index is 8.64. The average Bonchev–Trinajstić information content (AvgIpc) is 2.34. The number of thioether (sulfide) groups is 1. The summed E-state index contributed by atoms with van der Waals surface area (Å²) in [5, 5.41) is 12.2. The molecule has 96 valence electrons. The zero-order chi connectivity index (χ0) is 11.6. The Morgan fingerprint density at radius 2 is 2.31 bits per heavy atom. The molecule has 0 saturated carbocycles. The Morgan fingerprint density at radius 3 is 3.06 bits per heavy atom. The molecule has 3 nitrogen and oxygen atoms in total. The van der Waals surface area contributed by atoms with Crippen LogP contribution in [0.15, 0.2) is 0 Å². The summed E-state index contributed by atoms with van der Waals surface area (Å²) >= 11 is 1.92. The van der Waals surface area contributed by atoms with Gasteiger partial charge in [0.2, 0.25) is 0 Å². The van der Waals surface area contributed by atoms with Crippen molar-refractivity contribution in [2.24, 2.45) is 0 Å². The van der Waals surface area contributed by atoms with Gasteiger partial charge in [-0.25, -0.2) is 0 Å². The first-order chi connectivity index (χ1) is 7.86. The fourth-order valence-electron chi connectivity index (χ4n) is 1.95. The largest absolute Gasteiger partial charge is 0.396 e. The monoisotopic (exact) mass is 247 g/mol. The van der Waals surface area contributed by atoms with E-state index in [1.165, 1.54) is 0 Å². The summed E-state index contributed by atoms with van der Waals surface area (Å²) in [5.41, 5.74) is 0. The summed E-state index contributed by atoms with van der Waals surface area (Å²) in [7, 11) is 0. The predicted octanol–water partition coefficient (Wildman–Crippen LogP) is 1.65. The molecule has 1 aliphatic heterocycles. The van der Waals surface area contributed by atoms with E-state index in [9.17, 15) is 0 Å². The van der Waals surface area contributed by atoms with Gasteiger partial charge in [0.05, 0.1) is 6.10 Å². The van der Waals surface area contributed by atoms with Gasteiger partial charge in [-0.05, 0) is 31.4 Å². The highest BCUT2D eigenvalue weighted by atomic mass is 32.2. The first-order valence-corrected chi connectivity index (χ1v) is 7.55. The van der Waals surface area contributed by atoms with Crippen LogP contribution >= 0.6 is 11.8 Å². The first-order valence-electron chi connectivity index (χ1n) is 6.40. The number of hydrogen-bond donors (Lipinski definition) is 2. The van der Waals surface area contributed by atoms with Crippen LogP contribution in [0.5, 0.6) is 0 Å². The van der Waals surface area contributed by atoms with E-state index in [4.69, 9.17) is 9.84 Å². The van der Waals surface area contributed by atoms with Gasteiger partial charge in [0.15, 0.2) is 0 Å². The van der Waals surface area contributed by atoms with E-state index in [0.717, 1.165) is 50.3 Å². The van der Waals surface area contributed by atoms with Crippen LogP contribution in [0.2, 0.25) is 0 Å². The standard InChI is InChI=1S/C12H25NO2S/c1-2-12-10-11(4-7-15-12)13-5-9-16-8-3-6-14/h11-14H,2-10H2,1H3. The summed E-state index contributed by atoms with van der Waals surface area (Å²) in [6.07, 6.45) is 4.83. The number of ether oxygens (including phenoxy) is 1. The Balaban J connectivity index is 1.95. The second kappa shape index (κ2) is 9.28. The van der Waals surface area contributed by atoms with Crippen LogP contribution < -0.4 is 5.32 Å². The quantitative estimate of drug-likeness (QED) is 0.640. The minimum absolute atomic E-state index is 0.318. The number of rotatable bonds is 8. The summed E-state index contributed by atoms with van der Waals surface area (Å²) in [5.74, 6) is 2.22. The van der Waals surface area contributed by atoms with Crippen molar-refractivity contribution in [3.63, 3.8) is 0 Å². The summed E-state index contributed by atoms with van der Waals surface area (Å²) in [6, 6.07) is 0.650. The molecule has 16 heavy (non-hydrogen) atoms. The molecule has 0 aromatic heterocycles. The molecule has 2 N–H and O–H groups in total. The lowest BCUT2D eigenvalue weighted by atomic mass is 10.0. The first kappa shape index (κ1) is 14.3. The second-order valence-corrected chi connectivity index (χ2v) is 5.49. The molecule has 1 aliphatic rings. The Bertz CT molecular complexity index is 169. The van der Waals surface area contributed by atoms with Crippen LogP contribution in [0, 0.1) is 0 Å². The smallest absolute Gasteiger partial charge is 0.0587 e.